The van der Waals surface area contributed by atoms with Crippen LogP contribution in [0.4, 0.5) is 0 Å². The molecular weight excluding hydrogens is 406 g/mol. The predicted molar refractivity (Wildman–Crippen MR) is 107 cm³/mol. The fourth-order valence-electron chi connectivity index (χ4n) is 4.58. The van der Waals surface area contributed by atoms with E-state index in [1.807, 2.05) is 21.9 Å². The summed E-state index contributed by atoms with van der Waals surface area (Å²) in [6.45, 7) is 2.94. The van der Waals surface area contributed by atoms with Gasteiger partial charge in [0.1, 0.15) is 0 Å². The first-order chi connectivity index (χ1) is 13.1. The number of aromatic amines is 1. The number of hydrogen-bond donors (Lipinski definition) is 1. The average molecular weight is 430 g/mol. The molecule has 2 aromatic rings. The largest absolute Gasteiger partial charge is 0.357 e. The van der Waals surface area contributed by atoms with Crippen molar-refractivity contribution in [3.8, 4) is 0 Å². The number of rotatable bonds is 2. The van der Waals surface area contributed by atoms with E-state index in [1.165, 1.54) is 16.6 Å². The number of benzene rings is 1. The molecule has 1 N–H and O–H groups in total. The zero-order valence-electron chi connectivity index (χ0n) is 15.3. The maximum atomic E-state index is 13.1. The first kappa shape index (κ1) is 17.3. The number of halogens is 1. The minimum atomic E-state index is 0.0618. The third-order valence-electron chi connectivity index (χ3n) is 6.35. The van der Waals surface area contributed by atoms with Gasteiger partial charge < -0.3 is 14.8 Å². The lowest BCUT2D eigenvalue weighted by Crippen LogP contribution is -2.46. The van der Waals surface area contributed by atoms with Gasteiger partial charge in [0, 0.05) is 65.6 Å². The van der Waals surface area contributed by atoms with Gasteiger partial charge in [0.25, 0.3) is 0 Å². The van der Waals surface area contributed by atoms with Crippen LogP contribution < -0.4 is 0 Å². The smallest absolute Gasteiger partial charge is 0.226 e. The van der Waals surface area contributed by atoms with Gasteiger partial charge >= 0.3 is 0 Å². The van der Waals surface area contributed by atoms with Crippen molar-refractivity contribution in [2.45, 2.75) is 38.6 Å². The number of nitrogens with one attached hydrogen (secondary N) is 1. The summed E-state index contributed by atoms with van der Waals surface area (Å²) in [6, 6.07) is 6.23. The Morgan fingerprint density at radius 2 is 1.67 bits per heavy atom. The summed E-state index contributed by atoms with van der Waals surface area (Å²) < 4.78 is 1.07. The lowest BCUT2D eigenvalue weighted by Gasteiger charge is -2.35. The van der Waals surface area contributed by atoms with Crippen molar-refractivity contribution in [2.75, 3.05) is 19.6 Å². The van der Waals surface area contributed by atoms with Gasteiger partial charge in [0.15, 0.2) is 0 Å². The number of carbonyl (C=O) groups is 2. The molecule has 2 fully saturated rings. The Morgan fingerprint density at radius 3 is 2.41 bits per heavy atom. The van der Waals surface area contributed by atoms with Crippen LogP contribution in [0.2, 0.25) is 0 Å². The quantitative estimate of drug-likeness (QED) is 0.794. The normalized spacial score (nSPS) is 20.8. The van der Waals surface area contributed by atoms with Crippen LogP contribution in [0.15, 0.2) is 22.7 Å². The molecule has 0 spiro atoms. The highest BCUT2D eigenvalue weighted by atomic mass is 79.9. The highest BCUT2D eigenvalue weighted by Crippen LogP contribution is 2.34. The second-order valence-electron chi connectivity index (χ2n) is 8.13. The topological polar surface area (TPSA) is 56.4 Å². The molecule has 0 atom stereocenters. The molecule has 27 heavy (non-hydrogen) atoms. The highest BCUT2D eigenvalue weighted by Gasteiger charge is 2.37. The zero-order valence-corrected chi connectivity index (χ0v) is 16.9. The molecule has 2 amide bonds. The van der Waals surface area contributed by atoms with E-state index in [4.69, 9.17) is 0 Å². The number of carbonyl (C=O) groups excluding carboxylic acids is 2. The number of para-hydroxylation sites is 1. The Hall–Kier alpha value is -1.82. The van der Waals surface area contributed by atoms with E-state index in [9.17, 15) is 9.59 Å². The van der Waals surface area contributed by atoms with Gasteiger partial charge in [0.05, 0.1) is 5.52 Å². The van der Waals surface area contributed by atoms with Crippen molar-refractivity contribution < 1.29 is 9.59 Å². The monoisotopic (exact) mass is 429 g/mol. The van der Waals surface area contributed by atoms with Gasteiger partial charge in [-0.05, 0) is 47.7 Å². The Balaban J connectivity index is 1.28. The Kier molecular flexibility index (Phi) is 4.26. The molecule has 3 aliphatic rings. The Bertz CT molecular complexity index is 910. The molecule has 0 radical (unpaired) electrons. The molecule has 1 saturated heterocycles. The van der Waals surface area contributed by atoms with Crippen LogP contribution in [-0.4, -0.2) is 46.2 Å². The van der Waals surface area contributed by atoms with Gasteiger partial charge in [-0.25, -0.2) is 0 Å². The number of hydrogen-bond acceptors (Lipinski definition) is 2. The molecule has 1 saturated carbocycles. The Morgan fingerprint density at radius 1 is 0.963 bits per heavy atom. The molecule has 0 bridgehead atoms. The van der Waals surface area contributed by atoms with Crippen LogP contribution in [-0.2, 0) is 22.6 Å². The van der Waals surface area contributed by atoms with Gasteiger partial charge in [0.2, 0.25) is 11.8 Å². The minimum Gasteiger partial charge on any atom is -0.357 e. The van der Waals surface area contributed by atoms with Crippen molar-refractivity contribution in [1.82, 2.24) is 14.8 Å². The minimum absolute atomic E-state index is 0.0618. The van der Waals surface area contributed by atoms with Crippen LogP contribution in [0.25, 0.3) is 10.9 Å². The molecule has 1 aliphatic carbocycles. The summed E-state index contributed by atoms with van der Waals surface area (Å²) in [6.07, 6.45) is 4.59. The molecule has 3 heterocycles. The number of aromatic nitrogens is 1. The molecular formula is C21H24BrN3O2. The Labute approximate surface area is 167 Å². The second kappa shape index (κ2) is 6.66. The van der Waals surface area contributed by atoms with Crippen LogP contribution in [0.1, 0.15) is 36.9 Å². The molecule has 6 heteroatoms. The second-order valence-corrected chi connectivity index (χ2v) is 8.98. The molecule has 1 aromatic carbocycles. The van der Waals surface area contributed by atoms with Crippen molar-refractivity contribution in [1.29, 1.82) is 0 Å². The maximum Gasteiger partial charge on any atom is 0.226 e. The number of piperidine rings is 1. The SMILES string of the molecule is O=C(C1CC1)N1CCC(C(=O)N2CCc3[nH]c4c(Br)cccc4c3C2)CC1. The third-order valence-corrected chi connectivity index (χ3v) is 7.01. The van der Waals surface area contributed by atoms with E-state index in [0.29, 0.717) is 12.5 Å². The summed E-state index contributed by atoms with van der Waals surface area (Å²) in [7, 11) is 0. The van der Waals surface area contributed by atoms with E-state index < -0.39 is 0 Å². The van der Waals surface area contributed by atoms with E-state index in [1.54, 1.807) is 0 Å². The maximum absolute atomic E-state index is 13.1. The lowest BCUT2D eigenvalue weighted by atomic mass is 9.93. The van der Waals surface area contributed by atoms with E-state index in [0.717, 1.165) is 61.7 Å². The van der Waals surface area contributed by atoms with Gasteiger partial charge in [-0.15, -0.1) is 0 Å². The molecule has 142 valence electrons. The van der Waals surface area contributed by atoms with Crippen molar-refractivity contribution in [3.63, 3.8) is 0 Å². The lowest BCUT2D eigenvalue weighted by molar-refractivity contribution is -0.141. The fraction of sp³-hybridized carbons (Fsp3) is 0.524. The first-order valence-electron chi connectivity index (χ1n) is 9.97. The summed E-state index contributed by atoms with van der Waals surface area (Å²) in [5.74, 6) is 0.919. The summed E-state index contributed by atoms with van der Waals surface area (Å²) in [5, 5.41) is 1.21. The number of nitrogens with zero attached hydrogens (tertiary/aromatic N) is 2. The van der Waals surface area contributed by atoms with E-state index in [-0.39, 0.29) is 17.7 Å². The zero-order chi connectivity index (χ0) is 18.5. The standard InChI is InChI=1S/C21H24BrN3O2/c22-17-3-1-2-15-16-12-25(11-8-18(16)23-19(15)17)21(27)14-6-9-24(10-7-14)20(26)13-4-5-13/h1-3,13-14,23H,4-12H2. The summed E-state index contributed by atoms with van der Waals surface area (Å²) >= 11 is 3.62. The summed E-state index contributed by atoms with van der Waals surface area (Å²) in [4.78, 5) is 32.9. The summed E-state index contributed by atoms with van der Waals surface area (Å²) in [5.41, 5.74) is 3.64. The van der Waals surface area contributed by atoms with Gasteiger partial charge in [-0.3, -0.25) is 9.59 Å². The van der Waals surface area contributed by atoms with Crippen LogP contribution in [0, 0.1) is 11.8 Å². The van der Waals surface area contributed by atoms with Crippen molar-refractivity contribution in [2.24, 2.45) is 11.8 Å². The first-order valence-corrected chi connectivity index (χ1v) is 10.8. The third kappa shape index (κ3) is 3.08. The van der Waals surface area contributed by atoms with Crippen LogP contribution in [0.5, 0.6) is 0 Å². The van der Waals surface area contributed by atoms with Crippen LogP contribution in [0.3, 0.4) is 0 Å². The number of likely N-dealkylation sites (tertiary alicyclic amines) is 1. The number of fused-ring (bicyclic) bond motifs is 3. The predicted octanol–water partition coefficient (Wildman–Crippen LogP) is 3.46. The molecule has 1 aromatic heterocycles. The number of H-pyrrole nitrogens is 1. The molecule has 2 aliphatic heterocycles. The molecule has 5 nitrogen and oxygen atoms in total. The highest BCUT2D eigenvalue weighted by molar-refractivity contribution is 9.10. The molecule has 0 unspecified atom stereocenters. The van der Waals surface area contributed by atoms with E-state index >= 15 is 0 Å². The van der Waals surface area contributed by atoms with Gasteiger partial charge in [-0.1, -0.05) is 12.1 Å². The van der Waals surface area contributed by atoms with E-state index in [2.05, 4.69) is 27.0 Å². The average Bonchev–Trinajstić information content (AvgIpc) is 3.48. The van der Waals surface area contributed by atoms with Gasteiger partial charge in [-0.2, -0.15) is 0 Å². The number of amides is 2. The van der Waals surface area contributed by atoms with Crippen molar-refractivity contribution in [3.05, 3.63) is 33.9 Å². The van der Waals surface area contributed by atoms with Crippen LogP contribution >= 0.6 is 15.9 Å². The fourth-order valence-corrected chi connectivity index (χ4v) is 5.05. The molecule has 5 rings (SSSR count). The van der Waals surface area contributed by atoms with Crippen molar-refractivity contribution >= 4 is 38.6 Å².